The van der Waals surface area contributed by atoms with Crippen LogP contribution in [0, 0.1) is 6.92 Å². The summed E-state index contributed by atoms with van der Waals surface area (Å²) >= 11 is 0. The van der Waals surface area contributed by atoms with Crippen LogP contribution in [0.3, 0.4) is 0 Å². The van der Waals surface area contributed by atoms with Crippen LogP contribution in [-0.2, 0) is 13.0 Å². The maximum atomic E-state index is 5.53. The first-order valence-electron chi connectivity index (χ1n) is 5.44. The third kappa shape index (κ3) is 3.93. The van der Waals surface area contributed by atoms with Gasteiger partial charge in [-0.05, 0) is 24.0 Å². The molecule has 0 saturated heterocycles. The molecule has 2 N–H and O–H groups in total. The number of rotatable bonds is 6. The molecule has 1 heteroatoms. The minimum atomic E-state index is 0.641. The average molecular weight is 190 g/mol. The molecule has 77 valence electrons. The molecule has 0 aliphatic heterocycles. The molecule has 0 amide bonds. The van der Waals surface area contributed by atoms with E-state index in [0.29, 0.717) is 6.54 Å². The summed E-state index contributed by atoms with van der Waals surface area (Å²) in [6, 6.07) is 8.62. The fourth-order valence-corrected chi connectivity index (χ4v) is 1.52. The van der Waals surface area contributed by atoms with E-state index in [2.05, 4.69) is 31.2 Å². The van der Waals surface area contributed by atoms with Crippen molar-refractivity contribution in [1.82, 2.24) is 0 Å². The molecule has 0 bridgehead atoms. The molecule has 0 saturated carbocycles. The molecular weight excluding hydrogens is 170 g/mol. The molecule has 1 nitrogen and oxygen atoms in total. The summed E-state index contributed by atoms with van der Waals surface area (Å²) in [5.74, 6) is 0. The van der Waals surface area contributed by atoms with E-state index in [0.717, 1.165) is 6.42 Å². The fraction of sp³-hybridized carbons (Fsp3) is 0.462. The van der Waals surface area contributed by atoms with Gasteiger partial charge < -0.3 is 5.73 Å². The summed E-state index contributed by atoms with van der Waals surface area (Å²) in [5.41, 5.74) is 8.17. The lowest BCUT2D eigenvalue weighted by molar-refractivity contribution is 0.686. The van der Waals surface area contributed by atoms with Crippen LogP contribution in [0.4, 0.5) is 0 Å². The fourth-order valence-electron chi connectivity index (χ4n) is 1.52. The second-order valence-electron chi connectivity index (χ2n) is 3.68. The van der Waals surface area contributed by atoms with Crippen molar-refractivity contribution >= 4 is 0 Å². The van der Waals surface area contributed by atoms with Gasteiger partial charge in [0.1, 0.15) is 0 Å². The Morgan fingerprint density at radius 1 is 0.929 bits per heavy atom. The summed E-state index contributed by atoms with van der Waals surface area (Å²) in [5, 5.41) is 0. The van der Waals surface area contributed by atoms with Crippen molar-refractivity contribution in [3.63, 3.8) is 0 Å². The quantitative estimate of drug-likeness (QED) is 0.685. The molecule has 0 atom stereocenters. The number of benzene rings is 1. The first kappa shape index (κ1) is 11.3. The molecule has 0 aromatic heterocycles. The van der Waals surface area contributed by atoms with E-state index in [-0.39, 0.29) is 0 Å². The highest BCUT2D eigenvalue weighted by Crippen LogP contribution is 2.09. The summed E-state index contributed by atoms with van der Waals surface area (Å²) in [7, 11) is 0. The summed E-state index contributed by atoms with van der Waals surface area (Å²) in [4.78, 5) is 0. The van der Waals surface area contributed by atoms with Crippen molar-refractivity contribution < 1.29 is 0 Å². The van der Waals surface area contributed by atoms with Crippen LogP contribution >= 0.6 is 0 Å². The monoisotopic (exact) mass is 190 g/mol. The van der Waals surface area contributed by atoms with Gasteiger partial charge in [-0.25, -0.2) is 0 Å². The largest absolute Gasteiger partial charge is 0.326 e. The van der Waals surface area contributed by atoms with E-state index in [1.807, 2.05) is 0 Å². The molecule has 1 radical (unpaired) electrons. The number of aryl methyl sites for hydroxylation is 1. The van der Waals surface area contributed by atoms with Gasteiger partial charge in [0.15, 0.2) is 0 Å². The van der Waals surface area contributed by atoms with Crippen molar-refractivity contribution in [2.24, 2.45) is 5.73 Å². The topological polar surface area (TPSA) is 26.0 Å². The van der Waals surface area contributed by atoms with Gasteiger partial charge in [0, 0.05) is 6.54 Å². The molecule has 1 aromatic rings. The molecule has 1 aromatic carbocycles. The molecule has 0 aliphatic rings. The lowest BCUT2D eigenvalue weighted by Crippen LogP contribution is -1.96. The molecule has 0 heterocycles. The first-order valence-corrected chi connectivity index (χ1v) is 5.44. The Balaban J connectivity index is 2.29. The second kappa shape index (κ2) is 6.61. The number of unbranched alkanes of at least 4 members (excludes halogenated alkanes) is 3. The second-order valence-corrected chi connectivity index (χ2v) is 3.68. The zero-order valence-corrected chi connectivity index (χ0v) is 8.84. The Kier molecular flexibility index (Phi) is 5.31. The maximum Gasteiger partial charge on any atom is 0.0178 e. The van der Waals surface area contributed by atoms with E-state index in [9.17, 15) is 0 Å². The van der Waals surface area contributed by atoms with Crippen LogP contribution < -0.4 is 5.73 Å². The molecule has 14 heavy (non-hydrogen) atoms. The van der Waals surface area contributed by atoms with Crippen molar-refractivity contribution in [2.75, 3.05) is 0 Å². The molecular formula is C13H20N. The zero-order valence-electron chi connectivity index (χ0n) is 8.84. The third-order valence-electron chi connectivity index (χ3n) is 2.47. The summed E-state index contributed by atoms with van der Waals surface area (Å²) < 4.78 is 0. The molecule has 0 aliphatic carbocycles. The molecule has 1 rings (SSSR count). The average Bonchev–Trinajstić information content (AvgIpc) is 2.25. The maximum absolute atomic E-state index is 5.53. The standard InChI is InChI=1S/C13H20N/c1-2-3-4-5-6-12-7-9-13(11-14)10-8-12/h7-10H,1-6,11,14H2. The minimum Gasteiger partial charge on any atom is -0.326 e. The van der Waals surface area contributed by atoms with Crippen LogP contribution in [0.25, 0.3) is 0 Å². The Bertz CT molecular complexity index is 238. The van der Waals surface area contributed by atoms with E-state index in [1.54, 1.807) is 0 Å². The van der Waals surface area contributed by atoms with Crippen molar-refractivity contribution in [2.45, 2.75) is 38.6 Å². The Morgan fingerprint density at radius 3 is 2.14 bits per heavy atom. The van der Waals surface area contributed by atoms with E-state index < -0.39 is 0 Å². The lowest BCUT2D eigenvalue weighted by atomic mass is 10.0. The van der Waals surface area contributed by atoms with Crippen molar-refractivity contribution in [3.8, 4) is 0 Å². The molecule has 0 spiro atoms. The smallest absolute Gasteiger partial charge is 0.0178 e. The first-order chi connectivity index (χ1) is 6.86. The van der Waals surface area contributed by atoms with Crippen LogP contribution in [-0.4, -0.2) is 0 Å². The van der Waals surface area contributed by atoms with E-state index in [1.165, 1.54) is 36.8 Å². The van der Waals surface area contributed by atoms with E-state index >= 15 is 0 Å². The van der Waals surface area contributed by atoms with Crippen LogP contribution in [0.15, 0.2) is 24.3 Å². The van der Waals surface area contributed by atoms with Gasteiger partial charge in [0.2, 0.25) is 0 Å². The highest BCUT2D eigenvalue weighted by atomic mass is 14.5. The Hall–Kier alpha value is -0.820. The lowest BCUT2D eigenvalue weighted by Gasteiger charge is -2.02. The van der Waals surface area contributed by atoms with Gasteiger partial charge in [0.05, 0.1) is 0 Å². The molecule has 0 unspecified atom stereocenters. The number of hydrogen-bond donors (Lipinski definition) is 1. The third-order valence-corrected chi connectivity index (χ3v) is 2.47. The van der Waals surface area contributed by atoms with Crippen LogP contribution in [0.5, 0.6) is 0 Å². The van der Waals surface area contributed by atoms with Gasteiger partial charge in [-0.3, -0.25) is 0 Å². The van der Waals surface area contributed by atoms with Gasteiger partial charge in [-0.15, -0.1) is 0 Å². The highest BCUT2D eigenvalue weighted by Gasteiger charge is 1.93. The summed E-state index contributed by atoms with van der Waals surface area (Å²) in [6.07, 6.45) is 6.07. The molecule has 0 fully saturated rings. The Morgan fingerprint density at radius 2 is 1.57 bits per heavy atom. The predicted molar refractivity (Wildman–Crippen MR) is 61.9 cm³/mol. The van der Waals surface area contributed by atoms with Gasteiger partial charge in [0.25, 0.3) is 0 Å². The zero-order chi connectivity index (χ0) is 10.2. The Labute approximate surface area is 87.3 Å². The van der Waals surface area contributed by atoms with Crippen molar-refractivity contribution in [1.29, 1.82) is 0 Å². The van der Waals surface area contributed by atoms with Crippen molar-refractivity contribution in [3.05, 3.63) is 42.3 Å². The van der Waals surface area contributed by atoms with Gasteiger partial charge in [-0.1, -0.05) is 50.5 Å². The summed E-state index contributed by atoms with van der Waals surface area (Å²) in [6.45, 7) is 4.48. The highest BCUT2D eigenvalue weighted by molar-refractivity contribution is 5.22. The number of nitrogens with two attached hydrogens (primary N) is 1. The normalized spacial score (nSPS) is 10.4. The predicted octanol–water partition coefficient (Wildman–Crippen LogP) is 3.08. The van der Waals surface area contributed by atoms with Crippen LogP contribution in [0.1, 0.15) is 36.8 Å². The van der Waals surface area contributed by atoms with Gasteiger partial charge >= 0.3 is 0 Å². The SMILES string of the molecule is [CH2]CCCCCc1ccc(CN)cc1. The van der Waals surface area contributed by atoms with Gasteiger partial charge in [-0.2, -0.15) is 0 Å². The number of hydrogen-bond acceptors (Lipinski definition) is 1. The van der Waals surface area contributed by atoms with E-state index in [4.69, 9.17) is 5.73 Å². The van der Waals surface area contributed by atoms with Crippen LogP contribution in [0.2, 0.25) is 0 Å². The minimum absolute atomic E-state index is 0.641.